The zero-order valence-corrected chi connectivity index (χ0v) is 15.8. The third kappa shape index (κ3) is 3.82. The Hall–Kier alpha value is -2.41. The van der Waals surface area contributed by atoms with Gasteiger partial charge in [-0.1, -0.05) is 13.8 Å². The van der Waals surface area contributed by atoms with Gasteiger partial charge in [0.2, 0.25) is 0 Å². The molecule has 6 nitrogen and oxygen atoms in total. The van der Waals surface area contributed by atoms with Gasteiger partial charge < -0.3 is 9.47 Å². The molecule has 0 unspecified atom stereocenters. The molecule has 3 aromatic rings. The molecule has 0 spiro atoms. The van der Waals surface area contributed by atoms with E-state index in [4.69, 9.17) is 0 Å². The van der Waals surface area contributed by atoms with E-state index in [1.165, 1.54) is 10.4 Å². The molecule has 0 bridgehead atoms. The van der Waals surface area contributed by atoms with Crippen LogP contribution in [-0.2, 0) is 13.1 Å². The highest BCUT2D eigenvalue weighted by molar-refractivity contribution is 7.10. The summed E-state index contributed by atoms with van der Waals surface area (Å²) in [5.74, 6) is 1.29. The molecule has 1 N–H and O–H groups in total. The minimum atomic E-state index is -0.0787. The van der Waals surface area contributed by atoms with Crippen LogP contribution in [0.2, 0.25) is 0 Å². The van der Waals surface area contributed by atoms with Gasteiger partial charge >= 0.3 is 0 Å². The van der Waals surface area contributed by atoms with Crippen molar-refractivity contribution >= 4 is 17.2 Å². The number of carbonyl (C=O) groups is 1. The minimum absolute atomic E-state index is 0.0787. The first-order chi connectivity index (χ1) is 12.0. The minimum Gasteiger partial charge on any atom is -0.335 e. The van der Waals surface area contributed by atoms with E-state index in [0.29, 0.717) is 24.7 Å². The van der Waals surface area contributed by atoms with E-state index < -0.39 is 0 Å². The number of nitrogens with zero attached hydrogens (tertiary/aromatic N) is 4. The van der Waals surface area contributed by atoms with Crippen LogP contribution in [0.3, 0.4) is 0 Å². The highest BCUT2D eigenvalue weighted by Crippen LogP contribution is 2.18. The molecule has 0 fully saturated rings. The van der Waals surface area contributed by atoms with Crippen LogP contribution in [0, 0.1) is 6.92 Å². The fourth-order valence-electron chi connectivity index (χ4n) is 2.74. The normalized spacial score (nSPS) is 11.2. The van der Waals surface area contributed by atoms with Crippen LogP contribution in [0.15, 0.2) is 29.9 Å². The van der Waals surface area contributed by atoms with Crippen molar-refractivity contribution < 1.29 is 4.79 Å². The van der Waals surface area contributed by atoms with Crippen molar-refractivity contribution in [3.63, 3.8) is 0 Å². The summed E-state index contributed by atoms with van der Waals surface area (Å²) < 4.78 is 2.07. The summed E-state index contributed by atoms with van der Waals surface area (Å²) in [4.78, 5) is 19.9. The largest absolute Gasteiger partial charge is 0.335 e. The van der Waals surface area contributed by atoms with Crippen molar-refractivity contribution in [1.82, 2.24) is 24.6 Å². The lowest BCUT2D eigenvalue weighted by Gasteiger charge is -2.15. The van der Waals surface area contributed by atoms with E-state index >= 15 is 0 Å². The zero-order chi connectivity index (χ0) is 18.0. The van der Waals surface area contributed by atoms with Crippen LogP contribution >= 0.6 is 11.3 Å². The highest BCUT2D eigenvalue weighted by atomic mass is 32.1. The summed E-state index contributed by atoms with van der Waals surface area (Å²) in [6.45, 7) is 7.52. The number of H-pyrrole nitrogens is 1. The second-order valence-corrected chi connectivity index (χ2v) is 7.54. The number of hydrogen-bond donors (Lipinski definition) is 1. The van der Waals surface area contributed by atoms with Gasteiger partial charge in [-0.25, -0.2) is 4.98 Å². The molecule has 0 saturated carbocycles. The molecule has 0 aromatic carbocycles. The number of carbonyl (C=O) groups excluding carboxylic acids is 1. The van der Waals surface area contributed by atoms with Crippen LogP contribution in [-0.4, -0.2) is 37.6 Å². The molecule has 0 radical (unpaired) electrons. The number of aromatic amines is 1. The van der Waals surface area contributed by atoms with Crippen molar-refractivity contribution in [2.45, 2.75) is 39.8 Å². The van der Waals surface area contributed by atoms with Crippen molar-refractivity contribution in [2.75, 3.05) is 7.05 Å². The van der Waals surface area contributed by atoms with Crippen LogP contribution in [0.4, 0.5) is 0 Å². The number of aryl methyl sites for hydroxylation is 1. The van der Waals surface area contributed by atoms with E-state index in [1.54, 1.807) is 22.4 Å². The predicted molar refractivity (Wildman–Crippen MR) is 98.9 cm³/mol. The van der Waals surface area contributed by atoms with Crippen LogP contribution < -0.4 is 0 Å². The summed E-state index contributed by atoms with van der Waals surface area (Å²) in [5.41, 5.74) is 2.55. The van der Waals surface area contributed by atoms with Crippen molar-refractivity contribution in [3.8, 4) is 0 Å². The average molecular weight is 357 g/mol. The maximum Gasteiger partial charge on any atom is 0.274 e. The third-order valence-electron chi connectivity index (χ3n) is 4.15. The van der Waals surface area contributed by atoms with E-state index in [-0.39, 0.29) is 5.91 Å². The van der Waals surface area contributed by atoms with Gasteiger partial charge in [0, 0.05) is 30.2 Å². The molecule has 0 aliphatic carbocycles. The fraction of sp³-hybridized carbons (Fsp3) is 0.389. The van der Waals surface area contributed by atoms with Crippen molar-refractivity contribution in [2.24, 2.45) is 0 Å². The Labute approximate surface area is 151 Å². The number of rotatable bonds is 6. The lowest BCUT2D eigenvalue weighted by atomic mass is 10.2. The maximum absolute atomic E-state index is 12.6. The van der Waals surface area contributed by atoms with E-state index in [2.05, 4.69) is 46.6 Å². The summed E-state index contributed by atoms with van der Waals surface area (Å²) in [6, 6.07) is 3.90. The Morgan fingerprint density at radius 1 is 1.44 bits per heavy atom. The van der Waals surface area contributed by atoms with Gasteiger partial charge in [-0.2, -0.15) is 5.10 Å². The summed E-state index contributed by atoms with van der Waals surface area (Å²) in [6.07, 6.45) is 3.75. The quantitative estimate of drug-likeness (QED) is 0.735. The standard InChI is InChI=1S/C18H23N5OS/c1-12(2)17-19-6-7-23(17)10-14-9-15(21-20-14)18(24)22(4)11-16-13(3)5-8-25-16/h5-9,12H,10-11H2,1-4H3,(H,20,21). The molecule has 25 heavy (non-hydrogen) atoms. The molecule has 1 amide bonds. The molecule has 7 heteroatoms. The number of aromatic nitrogens is 4. The molecular weight excluding hydrogens is 334 g/mol. The smallest absolute Gasteiger partial charge is 0.274 e. The molecule has 0 saturated heterocycles. The number of thiophene rings is 1. The topological polar surface area (TPSA) is 66.8 Å². The maximum atomic E-state index is 12.6. The molecule has 132 valence electrons. The van der Waals surface area contributed by atoms with E-state index in [0.717, 1.165) is 11.5 Å². The molecule has 0 aliphatic heterocycles. The fourth-order valence-corrected chi connectivity index (χ4v) is 3.70. The molecule has 0 aliphatic rings. The van der Waals surface area contributed by atoms with Gasteiger partial charge in [0.1, 0.15) is 11.5 Å². The molecule has 3 aromatic heterocycles. The first-order valence-electron chi connectivity index (χ1n) is 8.29. The summed E-state index contributed by atoms with van der Waals surface area (Å²) >= 11 is 1.67. The monoisotopic (exact) mass is 357 g/mol. The van der Waals surface area contributed by atoms with Crippen LogP contribution in [0.5, 0.6) is 0 Å². The van der Waals surface area contributed by atoms with Crippen LogP contribution in [0.25, 0.3) is 0 Å². The number of nitrogens with one attached hydrogen (secondary N) is 1. The molecule has 0 atom stereocenters. The third-order valence-corrected chi connectivity index (χ3v) is 5.16. The van der Waals surface area contributed by atoms with Gasteiger partial charge in [-0.05, 0) is 30.0 Å². The van der Waals surface area contributed by atoms with Crippen molar-refractivity contribution in [1.29, 1.82) is 0 Å². The first kappa shape index (κ1) is 17.4. The summed E-state index contributed by atoms with van der Waals surface area (Å²) in [7, 11) is 1.81. The zero-order valence-electron chi connectivity index (χ0n) is 15.0. The Balaban J connectivity index is 1.69. The Morgan fingerprint density at radius 3 is 2.92 bits per heavy atom. The number of amides is 1. The lowest BCUT2D eigenvalue weighted by molar-refractivity contribution is 0.0780. The molecule has 3 heterocycles. The van der Waals surface area contributed by atoms with Gasteiger partial charge in [-0.3, -0.25) is 9.89 Å². The van der Waals surface area contributed by atoms with E-state index in [9.17, 15) is 4.79 Å². The molecular formula is C18H23N5OS. The van der Waals surface area contributed by atoms with Gasteiger partial charge in [0.15, 0.2) is 0 Å². The highest BCUT2D eigenvalue weighted by Gasteiger charge is 2.17. The Morgan fingerprint density at radius 2 is 2.24 bits per heavy atom. The van der Waals surface area contributed by atoms with Crippen LogP contribution in [0.1, 0.15) is 52.2 Å². The molecule has 3 rings (SSSR count). The van der Waals surface area contributed by atoms with Gasteiger partial charge in [0.05, 0.1) is 18.8 Å². The van der Waals surface area contributed by atoms with E-state index in [1.807, 2.05) is 24.7 Å². The lowest BCUT2D eigenvalue weighted by Crippen LogP contribution is -2.26. The number of hydrogen-bond acceptors (Lipinski definition) is 4. The second kappa shape index (κ2) is 7.23. The Bertz CT molecular complexity index is 860. The first-order valence-corrected chi connectivity index (χ1v) is 9.17. The van der Waals surface area contributed by atoms with Gasteiger partial charge in [-0.15, -0.1) is 11.3 Å². The van der Waals surface area contributed by atoms with Crippen molar-refractivity contribution in [3.05, 3.63) is 57.6 Å². The van der Waals surface area contributed by atoms with Gasteiger partial charge in [0.25, 0.3) is 5.91 Å². The average Bonchev–Trinajstić information content (AvgIpc) is 3.29. The second-order valence-electron chi connectivity index (χ2n) is 6.53. The SMILES string of the molecule is Cc1ccsc1CN(C)C(=O)c1cc(Cn2ccnc2C(C)C)[nH]n1. The predicted octanol–water partition coefficient (Wildman–Crippen LogP) is 3.42. The Kier molecular flexibility index (Phi) is 5.03. The summed E-state index contributed by atoms with van der Waals surface area (Å²) in [5, 5.41) is 9.22. The number of imidazole rings is 1.